The molecule has 3 rings (SSSR count). The molecule has 7 heteroatoms. The van der Waals surface area contributed by atoms with E-state index in [1.54, 1.807) is 10.9 Å². The van der Waals surface area contributed by atoms with E-state index in [2.05, 4.69) is 10.4 Å². The maximum absolute atomic E-state index is 12.3. The van der Waals surface area contributed by atoms with Crippen LogP contribution in [0.3, 0.4) is 0 Å². The highest BCUT2D eigenvalue weighted by Crippen LogP contribution is 2.37. The Labute approximate surface area is 135 Å². The van der Waals surface area contributed by atoms with E-state index >= 15 is 0 Å². The SMILES string of the molecule is O=C(CN1C(=O)[C@H]2CCCC[C@H]2C1=O)NCCCn1cccn1. The van der Waals surface area contributed by atoms with Gasteiger partial charge in [0.25, 0.3) is 0 Å². The summed E-state index contributed by atoms with van der Waals surface area (Å²) in [6.45, 7) is 1.08. The number of carbonyl (C=O) groups excluding carboxylic acids is 3. The van der Waals surface area contributed by atoms with E-state index in [1.165, 1.54) is 0 Å². The number of carbonyl (C=O) groups is 3. The minimum Gasteiger partial charge on any atom is -0.354 e. The Balaban J connectivity index is 1.44. The topological polar surface area (TPSA) is 84.3 Å². The minimum atomic E-state index is -0.272. The molecule has 3 amide bonds. The van der Waals surface area contributed by atoms with E-state index in [0.29, 0.717) is 6.54 Å². The summed E-state index contributed by atoms with van der Waals surface area (Å²) in [4.78, 5) is 37.7. The first-order chi connectivity index (χ1) is 11.2. The molecule has 1 aliphatic carbocycles. The third-order valence-electron chi connectivity index (χ3n) is 4.68. The van der Waals surface area contributed by atoms with Crippen molar-refractivity contribution in [2.45, 2.75) is 38.6 Å². The number of aromatic nitrogens is 2. The Kier molecular flexibility index (Phi) is 4.73. The van der Waals surface area contributed by atoms with Gasteiger partial charge < -0.3 is 5.32 Å². The number of hydrogen-bond donors (Lipinski definition) is 1. The van der Waals surface area contributed by atoms with Crippen molar-refractivity contribution in [2.24, 2.45) is 11.8 Å². The van der Waals surface area contributed by atoms with E-state index in [4.69, 9.17) is 0 Å². The Morgan fingerprint density at radius 3 is 2.52 bits per heavy atom. The quantitative estimate of drug-likeness (QED) is 0.614. The second-order valence-electron chi connectivity index (χ2n) is 6.23. The zero-order chi connectivity index (χ0) is 16.2. The molecule has 0 spiro atoms. The van der Waals surface area contributed by atoms with Gasteiger partial charge in [-0.1, -0.05) is 12.8 Å². The van der Waals surface area contributed by atoms with Gasteiger partial charge in [-0.3, -0.25) is 24.0 Å². The van der Waals surface area contributed by atoms with Crippen molar-refractivity contribution >= 4 is 17.7 Å². The van der Waals surface area contributed by atoms with Crippen molar-refractivity contribution in [1.82, 2.24) is 20.0 Å². The number of imide groups is 1. The smallest absolute Gasteiger partial charge is 0.240 e. The molecule has 1 aliphatic heterocycles. The average molecular weight is 318 g/mol. The Bertz CT molecular complexity index is 560. The molecule has 1 saturated carbocycles. The van der Waals surface area contributed by atoms with Crippen LogP contribution in [0, 0.1) is 11.8 Å². The molecule has 0 bridgehead atoms. The first-order valence-electron chi connectivity index (χ1n) is 8.26. The molecule has 1 saturated heterocycles. The van der Waals surface area contributed by atoms with Gasteiger partial charge in [0.15, 0.2) is 0 Å². The van der Waals surface area contributed by atoms with Gasteiger partial charge in [0, 0.05) is 25.5 Å². The summed E-state index contributed by atoms with van der Waals surface area (Å²) in [7, 11) is 0. The lowest BCUT2D eigenvalue weighted by atomic mass is 9.81. The van der Waals surface area contributed by atoms with E-state index in [0.717, 1.165) is 43.5 Å². The van der Waals surface area contributed by atoms with Crippen LogP contribution in [-0.2, 0) is 20.9 Å². The van der Waals surface area contributed by atoms with Crippen LogP contribution >= 0.6 is 0 Å². The third-order valence-corrected chi connectivity index (χ3v) is 4.68. The van der Waals surface area contributed by atoms with Gasteiger partial charge in [0.05, 0.1) is 11.8 Å². The molecule has 7 nitrogen and oxygen atoms in total. The predicted octanol–water partition coefficient (Wildman–Crippen LogP) is 0.565. The van der Waals surface area contributed by atoms with E-state index in [1.807, 2.05) is 12.3 Å². The summed E-state index contributed by atoms with van der Waals surface area (Å²) in [5.74, 6) is -0.976. The highest BCUT2D eigenvalue weighted by molar-refractivity contribution is 6.07. The number of fused-ring (bicyclic) bond motifs is 1. The first-order valence-corrected chi connectivity index (χ1v) is 8.26. The molecule has 2 atom stereocenters. The molecular weight excluding hydrogens is 296 g/mol. The van der Waals surface area contributed by atoms with Gasteiger partial charge in [0.1, 0.15) is 6.54 Å². The van der Waals surface area contributed by atoms with E-state index < -0.39 is 0 Å². The summed E-state index contributed by atoms with van der Waals surface area (Å²) >= 11 is 0. The largest absolute Gasteiger partial charge is 0.354 e. The van der Waals surface area contributed by atoms with E-state index in [9.17, 15) is 14.4 Å². The molecule has 1 aromatic rings. The maximum atomic E-state index is 12.3. The summed E-state index contributed by atoms with van der Waals surface area (Å²) in [6.07, 6.45) is 7.87. The van der Waals surface area contributed by atoms with Crippen LogP contribution in [-0.4, -0.2) is 45.5 Å². The van der Waals surface area contributed by atoms with Crippen LogP contribution in [0.5, 0.6) is 0 Å². The van der Waals surface area contributed by atoms with Crippen LogP contribution in [0.1, 0.15) is 32.1 Å². The Morgan fingerprint density at radius 1 is 1.22 bits per heavy atom. The van der Waals surface area contributed by atoms with Crippen molar-refractivity contribution in [3.8, 4) is 0 Å². The lowest BCUT2D eigenvalue weighted by Crippen LogP contribution is -2.41. The van der Waals surface area contributed by atoms with Crippen LogP contribution in [0.4, 0.5) is 0 Å². The number of nitrogens with zero attached hydrogens (tertiary/aromatic N) is 3. The first kappa shape index (κ1) is 15.7. The van der Waals surface area contributed by atoms with Gasteiger partial charge in [-0.15, -0.1) is 0 Å². The normalized spacial score (nSPS) is 23.9. The van der Waals surface area contributed by atoms with Gasteiger partial charge >= 0.3 is 0 Å². The molecule has 1 aromatic heterocycles. The summed E-state index contributed by atoms with van der Waals surface area (Å²) in [6, 6.07) is 1.85. The monoisotopic (exact) mass is 318 g/mol. The highest BCUT2D eigenvalue weighted by atomic mass is 16.2. The number of rotatable bonds is 6. The fourth-order valence-electron chi connectivity index (χ4n) is 3.49. The van der Waals surface area contributed by atoms with Crippen LogP contribution < -0.4 is 5.32 Å². The molecule has 0 radical (unpaired) electrons. The van der Waals surface area contributed by atoms with Gasteiger partial charge in [-0.05, 0) is 25.3 Å². The van der Waals surface area contributed by atoms with Crippen LogP contribution in [0.2, 0.25) is 0 Å². The highest BCUT2D eigenvalue weighted by Gasteiger charge is 2.48. The fourth-order valence-corrected chi connectivity index (χ4v) is 3.49. The second-order valence-corrected chi connectivity index (χ2v) is 6.23. The van der Waals surface area contributed by atoms with Crippen LogP contribution in [0.25, 0.3) is 0 Å². The third kappa shape index (κ3) is 3.43. The second kappa shape index (κ2) is 6.93. The maximum Gasteiger partial charge on any atom is 0.240 e. The molecule has 1 N–H and O–H groups in total. The standard InChI is InChI=1S/C16H22N4O3/c21-14(17-7-3-9-19-10-4-8-18-19)11-20-15(22)12-5-1-2-6-13(12)16(20)23/h4,8,10,12-13H,1-3,5-7,9,11H2,(H,17,21)/t12-,13+. The average Bonchev–Trinajstić information content (AvgIpc) is 3.15. The lowest BCUT2D eigenvalue weighted by molar-refractivity contribution is -0.143. The van der Waals surface area contributed by atoms with Gasteiger partial charge in [0.2, 0.25) is 17.7 Å². The predicted molar refractivity (Wildman–Crippen MR) is 82.0 cm³/mol. The van der Waals surface area contributed by atoms with Gasteiger partial charge in [-0.2, -0.15) is 5.10 Å². The van der Waals surface area contributed by atoms with Crippen molar-refractivity contribution in [1.29, 1.82) is 0 Å². The van der Waals surface area contributed by atoms with Crippen molar-refractivity contribution in [3.05, 3.63) is 18.5 Å². The summed E-state index contributed by atoms with van der Waals surface area (Å²) in [5, 5.41) is 6.85. The Hall–Kier alpha value is -2.18. The zero-order valence-electron chi connectivity index (χ0n) is 13.1. The van der Waals surface area contributed by atoms with Crippen LogP contribution in [0.15, 0.2) is 18.5 Å². The number of aryl methyl sites for hydroxylation is 1. The number of amides is 3. The Morgan fingerprint density at radius 2 is 1.91 bits per heavy atom. The van der Waals surface area contributed by atoms with Crippen molar-refractivity contribution in [3.63, 3.8) is 0 Å². The molecular formula is C16H22N4O3. The molecule has 0 aromatic carbocycles. The summed E-state index contributed by atoms with van der Waals surface area (Å²) < 4.78 is 1.80. The fraction of sp³-hybridized carbons (Fsp3) is 0.625. The molecule has 2 heterocycles. The molecule has 124 valence electrons. The summed E-state index contributed by atoms with van der Waals surface area (Å²) in [5.41, 5.74) is 0. The van der Waals surface area contributed by atoms with E-state index in [-0.39, 0.29) is 36.1 Å². The lowest BCUT2D eigenvalue weighted by Gasteiger charge is -2.19. The minimum absolute atomic E-state index is 0.146. The zero-order valence-corrected chi connectivity index (χ0v) is 13.1. The number of likely N-dealkylation sites (tertiary alicyclic amines) is 1. The van der Waals surface area contributed by atoms with Gasteiger partial charge in [-0.25, -0.2) is 0 Å². The molecule has 0 unspecified atom stereocenters. The molecule has 2 aliphatic rings. The number of hydrogen-bond acceptors (Lipinski definition) is 4. The number of nitrogens with one attached hydrogen (secondary N) is 1. The molecule has 23 heavy (non-hydrogen) atoms. The van der Waals surface area contributed by atoms with Crippen molar-refractivity contribution < 1.29 is 14.4 Å². The molecule has 2 fully saturated rings. The van der Waals surface area contributed by atoms with Crippen molar-refractivity contribution in [2.75, 3.05) is 13.1 Å².